The van der Waals surface area contributed by atoms with Crippen molar-refractivity contribution in [3.8, 4) is 11.5 Å². The maximum absolute atomic E-state index is 12.1. The number of likely N-dealkylation sites (tertiary alicyclic amines) is 1. The molecule has 3 rings (SSSR count). The second-order valence-corrected chi connectivity index (χ2v) is 7.58. The Kier molecular flexibility index (Phi) is 5.76. The van der Waals surface area contributed by atoms with Gasteiger partial charge in [-0.05, 0) is 36.2 Å². The van der Waals surface area contributed by atoms with Crippen LogP contribution in [0.5, 0.6) is 11.5 Å². The molecule has 5 heteroatoms. The molecule has 0 saturated carbocycles. The Hall–Kier alpha value is -2.27. The van der Waals surface area contributed by atoms with Gasteiger partial charge >= 0.3 is 0 Å². The fourth-order valence-corrected chi connectivity index (χ4v) is 3.83. The molecule has 1 saturated heterocycles. The largest absolute Gasteiger partial charge is 0.457 e. The molecular weight excluding hydrogens is 334 g/mol. The number of nitrogens with zero attached hydrogens (tertiary/aromatic N) is 1. The summed E-state index contributed by atoms with van der Waals surface area (Å²) in [5.74, 6) is 1.72. The zero-order valence-corrected chi connectivity index (χ0v) is 15.0. The summed E-state index contributed by atoms with van der Waals surface area (Å²) in [6.45, 7) is 2.78. The zero-order chi connectivity index (χ0) is 17.6. The highest BCUT2D eigenvalue weighted by Gasteiger charge is 2.26. The van der Waals surface area contributed by atoms with Crippen LogP contribution in [0.3, 0.4) is 0 Å². The van der Waals surface area contributed by atoms with E-state index in [9.17, 15) is 9.59 Å². The molecule has 1 heterocycles. The number of amides is 1. The minimum Gasteiger partial charge on any atom is -0.457 e. The SMILES string of the molecule is CC(=O)SC1CCC(=O)N(Cc2ccc(Oc3ccccc3)cc2)C1. The molecule has 4 nitrogen and oxygen atoms in total. The maximum atomic E-state index is 12.1. The van der Waals surface area contributed by atoms with Crippen LogP contribution in [-0.4, -0.2) is 27.7 Å². The first-order chi connectivity index (χ1) is 12.1. The predicted octanol–water partition coefficient (Wildman–Crippen LogP) is 4.25. The number of hydrogen-bond acceptors (Lipinski definition) is 4. The van der Waals surface area contributed by atoms with Gasteiger partial charge in [-0.2, -0.15) is 0 Å². The van der Waals surface area contributed by atoms with Crippen LogP contribution in [0.15, 0.2) is 54.6 Å². The molecule has 2 aromatic carbocycles. The molecule has 0 aromatic heterocycles. The summed E-state index contributed by atoms with van der Waals surface area (Å²) in [5, 5.41) is 0.317. The molecule has 2 aromatic rings. The standard InChI is InChI=1S/C20H21NO3S/c1-15(22)25-19-11-12-20(23)21(14-19)13-16-7-9-18(10-8-16)24-17-5-3-2-4-6-17/h2-10,19H,11-14H2,1H3. The van der Waals surface area contributed by atoms with Crippen LogP contribution in [0.25, 0.3) is 0 Å². The smallest absolute Gasteiger partial charge is 0.222 e. The van der Waals surface area contributed by atoms with Gasteiger partial charge in [-0.1, -0.05) is 42.1 Å². The van der Waals surface area contributed by atoms with Crippen molar-refractivity contribution in [3.05, 3.63) is 60.2 Å². The Bertz CT molecular complexity index is 730. The molecule has 0 N–H and O–H groups in total. The highest BCUT2D eigenvalue weighted by atomic mass is 32.2. The molecule has 25 heavy (non-hydrogen) atoms. The summed E-state index contributed by atoms with van der Waals surface area (Å²) in [6, 6.07) is 17.4. The van der Waals surface area contributed by atoms with E-state index in [1.807, 2.05) is 59.5 Å². The first-order valence-electron chi connectivity index (χ1n) is 8.37. The molecule has 1 amide bonds. The molecular formula is C20H21NO3S. The van der Waals surface area contributed by atoms with Gasteiger partial charge < -0.3 is 9.64 Å². The van der Waals surface area contributed by atoms with Gasteiger partial charge in [0.25, 0.3) is 0 Å². The van der Waals surface area contributed by atoms with E-state index in [2.05, 4.69) is 0 Å². The van der Waals surface area contributed by atoms with Gasteiger partial charge in [0.2, 0.25) is 5.91 Å². The van der Waals surface area contributed by atoms with Crippen molar-refractivity contribution in [3.63, 3.8) is 0 Å². The maximum Gasteiger partial charge on any atom is 0.222 e. The summed E-state index contributed by atoms with van der Waals surface area (Å²) in [4.78, 5) is 25.3. The van der Waals surface area contributed by atoms with E-state index in [1.54, 1.807) is 6.92 Å². The first kappa shape index (κ1) is 17.5. The van der Waals surface area contributed by atoms with Crippen LogP contribution in [0.4, 0.5) is 0 Å². The van der Waals surface area contributed by atoms with Crippen LogP contribution >= 0.6 is 11.8 Å². The van der Waals surface area contributed by atoms with Crippen molar-refractivity contribution in [2.75, 3.05) is 6.54 Å². The highest BCUT2D eigenvalue weighted by molar-refractivity contribution is 8.14. The number of para-hydroxylation sites is 1. The number of piperidine rings is 1. The Morgan fingerprint density at radius 3 is 2.48 bits per heavy atom. The van der Waals surface area contributed by atoms with Crippen molar-refractivity contribution >= 4 is 22.8 Å². The lowest BCUT2D eigenvalue weighted by Crippen LogP contribution is -2.41. The lowest BCUT2D eigenvalue weighted by Gasteiger charge is -2.31. The lowest BCUT2D eigenvalue weighted by atomic mass is 10.1. The van der Waals surface area contributed by atoms with Gasteiger partial charge in [-0.25, -0.2) is 0 Å². The molecule has 130 valence electrons. The summed E-state index contributed by atoms with van der Waals surface area (Å²) in [7, 11) is 0. The van der Waals surface area contributed by atoms with Crippen LogP contribution in [0.2, 0.25) is 0 Å². The zero-order valence-electron chi connectivity index (χ0n) is 14.2. The van der Waals surface area contributed by atoms with E-state index < -0.39 is 0 Å². The van der Waals surface area contributed by atoms with Gasteiger partial charge in [0.05, 0.1) is 0 Å². The van der Waals surface area contributed by atoms with Crippen molar-refractivity contribution in [2.45, 2.75) is 31.6 Å². The van der Waals surface area contributed by atoms with E-state index in [-0.39, 0.29) is 16.3 Å². The van der Waals surface area contributed by atoms with Gasteiger partial charge in [0.1, 0.15) is 11.5 Å². The third-order valence-electron chi connectivity index (χ3n) is 4.07. The topological polar surface area (TPSA) is 46.6 Å². The van der Waals surface area contributed by atoms with Crippen LogP contribution in [0.1, 0.15) is 25.3 Å². The van der Waals surface area contributed by atoms with Gasteiger partial charge in [0, 0.05) is 31.7 Å². The fourth-order valence-electron chi connectivity index (χ4n) is 2.87. The van der Waals surface area contributed by atoms with Crippen molar-refractivity contribution < 1.29 is 14.3 Å². The Balaban J connectivity index is 1.60. The average Bonchev–Trinajstić information content (AvgIpc) is 2.60. The predicted molar refractivity (Wildman–Crippen MR) is 99.7 cm³/mol. The van der Waals surface area contributed by atoms with E-state index >= 15 is 0 Å². The third-order valence-corrected chi connectivity index (χ3v) is 5.12. The second kappa shape index (κ2) is 8.21. The quantitative estimate of drug-likeness (QED) is 0.804. The number of carbonyl (C=O) groups excluding carboxylic acids is 2. The molecule has 0 spiro atoms. The molecule has 1 atom stereocenters. The Labute approximate surface area is 152 Å². The molecule has 1 aliphatic rings. The van der Waals surface area contributed by atoms with Gasteiger partial charge in [0.15, 0.2) is 5.12 Å². The summed E-state index contributed by atoms with van der Waals surface area (Å²) >= 11 is 1.34. The number of carbonyl (C=O) groups is 2. The van der Waals surface area contributed by atoms with Crippen molar-refractivity contribution in [2.24, 2.45) is 0 Å². The van der Waals surface area contributed by atoms with Gasteiger partial charge in [-0.15, -0.1) is 0 Å². The molecule has 1 fully saturated rings. The minimum absolute atomic E-state index is 0.113. The normalized spacial score (nSPS) is 17.4. The molecule has 0 bridgehead atoms. The third kappa shape index (κ3) is 5.10. The molecule has 1 unspecified atom stereocenters. The second-order valence-electron chi connectivity index (χ2n) is 6.10. The van der Waals surface area contributed by atoms with Crippen LogP contribution in [0, 0.1) is 0 Å². The fraction of sp³-hybridized carbons (Fsp3) is 0.300. The van der Waals surface area contributed by atoms with Crippen molar-refractivity contribution in [1.29, 1.82) is 0 Å². The number of ether oxygens (including phenoxy) is 1. The molecule has 0 aliphatic carbocycles. The van der Waals surface area contributed by atoms with Crippen molar-refractivity contribution in [1.82, 2.24) is 4.90 Å². The minimum atomic E-state index is 0.113. The highest BCUT2D eigenvalue weighted by Crippen LogP contribution is 2.26. The Morgan fingerprint density at radius 1 is 1.12 bits per heavy atom. The number of benzene rings is 2. The van der Waals surface area contributed by atoms with Gasteiger partial charge in [-0.3, -0.25) is 9.59 Å². The average molecular weight is 355 g/mol. The molecule has 1 aliphatic heterocycles. The van der Waals surface area contributed by atoms with E-state index in [4.69, 9.17) is 4.74 Å². The van der Waals surface area contributed by atoms with Crippen LogP contribution < -0.4 is 4.74 Å². The summed E-state index contributed by atoms with van der Waals surface area (Å²) < 4.78 is 5.78. The number of rotatable bonds is 5. The van der Waals surface area contributed by atoms with E-state index in [1.165, 1.54) is 11.8 Å². The van der Waals surface area contributed by atoms with E-state index in [0.29, 0.717) is 19.5 Å². The van der Waals surface area contributed by atoms with E-state index in [0.717, 1.165) is 23.5 Å². The first-order valence-corrected chi connectivity index (χ1v) is 9.25. The number of thioether (sulfide) groups is 1. The summed E-state index contributed by atoms with van der Waals surface area (Å²) in [6.07, 6.45) is 1.30. The summed E-state index contributed by atoms with van der Waals surface area (Å²) in [5.41, 5.74) is 1.06. The lowest BCUT2D eigenvalue weighted by molar-refractivity contribution is -0.133. The monoisotopic (exact) mass is 355 g/mol. The van der Waals surface area contributed by atoms with Crippen LogP contribution in [-0.2, 0) is 16.1 Å². The molecule has 0 radical (unpaired) electrons. The Morgan fingerprint density at radius 2 is 1.80 bits per heavy atom. The number of hydrogen-bond donors (Lipinski definition) is 0.